The number of aliphatic hydroxyl groups excluding tert-OH is 11. The number of amides is 1. The molecule has 20 heteroatoms. The normalized spacial score (nSPS) is 45.3. The number of aliphatic hydroxyl groups is 11. The van der Waals surface area contributed by atoms with Gasteiger partial charge in [-0.1, -0.05) is 0 Å². The first-order valence-corrected chi connectivity index (χ1v) is 13.2. The number of carbonyl (C=O) groups excluding carboxylic acids is 1. The van der Waals surface area contributed by atoms with Gasteiger partial charge in [0.05, 0.1) is 32.0 Å². The molecule has 3 heterocycles. The van der Waals surface area contributed by atoms with Crippen molar-refractivity contribution >= 4 is 11.9 Å². The van der Waals surface area contributed by atoms with Crippen LogP contribution in [0.4, 0.5) is 0 Å². The summed E-state index contributed by atoms with van der Waals surface area (Å²) >= 11 is 0. The van der Waals surface area contributed by atoms with Crippen LogP contribution >= 0.6 is 0 Å². The van der Waals surface area contributed by atoms with E-state index in [9.17, 15) is 70.9 Å². The molecule has 0 spiro atoms. The molecule has 0 saturated carbocycles. The van der Waals surface area contributed by atoms with Crippen LogP contribution in [0.2, 0.25) is 0 Å². The van der Waals surface area contributed by atoms with Gasteiger partial charge in [-0.05, 0) is 0 Å². The molecule has 20 nitrogen and oxygen atoms in total. The second kappa shape index (κ2) is 14.6. The van der Waals surface area contributed by atoms with Crippen molar-refractivity contribution in [2.24, 2.45) is 0 Å². The van der Waals surface area contributed by atoms with Gasteiger partial charge in [0.2, 0.25) is 5.91 Å². The number of ether oxygens (including phenoxy) is 5. The molecule has 0 aromatic rings. The summed E-state index contributed by atoms with van der Waals surface area (Å²) < 4.78 is 26.7. The van der Waals surface area contributed by atoms with Gasteiger partial charge in [-0.25, -0.2) is 4.79 Å². The highest BCUT2D eigenvalue weighted by atomic mass is 16.8. The van der Waals surface area contributed by atoms with Gasteiger partial charge in [0.1, 0.15) is 67.1 Å². The van der Waals surface area contributed by atoms with Gasteiger partial charge in [-0.2, -0.15) is 0 Å². The minimum atomic E-state index is -2.83. The number of carbonyl (C=O) groups is 2. The third-order valence-electron chi connectivity index (χ3n) is 7.47. The van der Waals surface area contributed by atoms with Crippen molar-refractivity contribution in [3.8, 4) is 0 Å². The number of hydrogen-bond donors (Lipinski definition) is 13. The Balaban J connectivity index is 1.82. The van der Waals surface area contributed by atoms with Crippen LogP contribution in [-0.4, -0.2) is 191 Å². The fourth-order valence-electron chi connectivity index (χ4n) is 5.05. The standard InChI is InChI=1S/C23H39NO19/c1-6(27)24-11-7(28)2-23(22(37)38,43-19(11)12(30)8(29)3-25)39-5-10-13(31)14(32)17(35)21(41-10)42-18-9(4-26)40-20(36)16(34)15(18)33/h7-21,25-26,28-36H,2-5H2,1H3,(H,24,27)(H,37,38)/t7-,8-,9-,10-,11-,12-,13+,14+,15-,16-,17-,18-,19-,20-,21+,23+/m1/s1. The highest BCUT2D eigenvalue weighted by molar-refractivity contribution is 5.76. The molecule has 43 heavy (non-hydrogen) atoms. The molecule has 250 valence electrons. The predicted molar refractivity (Wildman–Crippen MR) is 130 cm³/mol. The molecule has 3 aliphatic rings. The maximum absolute atomic E-state index is 12.3. The fraction of sp³-hybridized carbons (Fsp3) is 0.913. The average molecular weight is 634 g/mol. The van der Waals surface area contributed by atoms with Crippen LogP contribution in [0.5, 0.6) is 0 Å². The molecule has 0 radical (unpaired) electrons. The molecule has 0 unspecified atom stereocenters. The van der Waals surface area contributed by atoms with E-state index in [1.807, 2.05) is 0 Å². The van der Waals surface area contributed by atoms with Gasteiger partial charge < -0.3 is 90.3 Å². The number of nitrogens with one attached hydrogen (secondary N) is 1. The SMILES string of the molecule is CC(=O)N[C@H]1[C@H]([C@H](O)[C@H](O)CO)O[C@](OC[C@H]2O[C@@H](O[C@H]3[C@H](O)[C@@H](O)[C@H](O)O[C@@H]3CO)[C@H](O)[C@@H](O)[C@H]2O)(C(=O)O)C[C@H]1O. The van der Waals surface area contributed by atoms with Crippen LogP contribution < -0.4 is 5.32 Å². The van der Waals surface area contributed by atoms with Gasteiger partial charge in [0.15, 0.2) is 12.6 Å². The van der Waals surface area contributed by atoms with E-state index in [1.165, 1.54) is 0 Å². The lowest BCUT2D eigenvalue weighted by molar-refractivity contribution is -0.364. The van der Waals surface area contributed by atoms with E-state index in [0.29, 0.717) is 0 Å². The van der Waals surface area contributed by atoms with Crippen LogP contribution in [0.15, 0.2) is 0 Å². The lowest BCUT2D eigenvalue weighted by Crippen LogP contribution is -2.68. The van der Waals surface area contributed by atoms with E-state index in [1.54, 1.807) is 0 Å². The number of hydrogen-bond acceptors (Lipinski definition) is 18. The van der Waals surface area contributed by atoms with Crippen molar-refractivity contribution in [1.82, 2.24) is 5.32 Å². The minimum absolute atomic E-state index is 0.719. The van der Waals surface area contributed by atoms with Gasteiger partial charge in [-0.15, -0.1) is 0 Å². The maximum Gasteiger partial charge on any atom is 0.364 e. The molecule has 3 saturated heterocycles. The van der Waals surface area contributed by atoms with Crippen molar-refractivity contribution in [2.45, 2.75) is 111 Å². The van der Waals surface area contributed by atoms with Crippen molar-refractivity contribution in [2.75, 3.05) is 19.8 Å². The van der Waals surface area contributed by atoms with Gasteiger partial charge in [0.25, 0.3) is 5.79 Å². The Hall–Kier alpha value is -1.70. The Morgan fingerprint density at radius 3 is 2.14 bits per heavy atom. The molecule has 13 N–H and O–H groups in total. The number of aliphatic carboxylic acids is 1. The maximum atomic E-state index is 12.3. The Bertz CT molecular complexity index is 942. The summed E-state index contributed by atoms with van der Waals surface area (Å²) in [6.07, 6.45) is -27.0. The predicted octanol–water partition coefficient (Wildman–Crippen LogP) is -8.22. The smallest absolute Gasteiger partial charge is 0.364 e. The largest absolute Gasteiger partial charge is 0.477 e. The lowest BCUT2D eigenvalue weighted by atomic mass is 9.88. The highest BCUT2D eigenvalue weighted by Crippen LogP contribution is 2.35. The molecule has 0 bridgehead atoms. The van der Waals surface area contributed by atoms with Crippen molar-refractivity contribution in [3.05, 3.63) is 0 Å². The first kappa shape index (κ1) is 35.8. The summed E-state index contributed by atoms with van der Waals surface area (Å²) in [5.41, 5.74) is 0. The van der Waals surface area contributed by atoms with Crippen molar-refractivity contribution in [3.63, 3.8) is 0 Å². The molecular formula is C23H39NO19. The van der Waals surface area contributed by atoms with Crippen LogP contribution in [-0.2, 0) is 33.3 Å². The number of rotatable bonds is 11. The van der Waals surface area contributed by atoms with E-state index < -0.39 is 136 Å². The summed E-state index contributed by atoms with van der Waals surface area (Å²) in [6.45, 7) is -1.76. The zero-order chi connectivity index (χ0) is 32.4. The molecule has 16 atom stereocenters. The minimum Gasteiger partial charge on any atom is -0.477 e. The number of carboxylic acids is 1. The van der Waals surface area contributed by atoms with E-state index in [2.05, 4.69) is 5.32 Å². The molecule has 3 fully saturated rings. The molecule has 0 aliphatic carbocycles. The third-order valence-corrected chi connectivity index (χ3v) is 7.47. The molecule has 0 aromatic carbocycles. The molecule has 0 aromatic heterocycles. The summed E-state index contributed by atoms with van der Waals surface area (Å²) in [6, 6.07) is -1.48. The van der Waals surface area contributed by atoms with Crippen LogP contribution in [0.25, 0.3) is 0 Å². The van der Waals surface area contributed by atoms with Crippen molar-refractivity contribution < 1.29 is 94.6 Å². The second-order valence-corrected chi connectivity index (χ2v) is 10.5. The zero-order valence-electron chi connectivity index (χ0n) is 22.7. The third kappa shape index (κ3) is 7.58. The number of carboxylic acid groups (broad SMARTS) is 1. The Labute approximate surface area is 243 Å². The Morgan fingerprint density at radius 2 is 1.58 bits per heavy atom. The Morgan fingerprint density at radius 1 is 0.930 bits per heavy atom. The molecule has 1 amide bonds. The van der Waals surface area contributed by atoms with Crippen LogP contribution in [0.3, 0.4) is 0 Å². The highest BCUT2D eigenvalue weighted by Gasteiger charge is 2.57. The van der Waals surface area contributed by atoms with E-state index in [0.717, 1.165) is 6.92 Å². The summed E-state index contributed by atoms with van der Waals surface area (Å²) in [4.78, 5) is 24.0. The van der Waals surface area contributed by atoms with E-state index in [4.69, 9.17) is 23.7 Å². The monoisotopic (exact) mass is 633 g/mol. The van der Waals surface area contributed by atoms with Gasteiger partial charge >= 0.3 is 5.97 Å². The molecule has 3 rings (SSSR count). The van der Waals surface area contributed by atoms with E-state index in [-0.39, 0.29) is 0 Å². The van der Waals surface area contributed by atoms with E-state index >= 15 is 0 Å². The lowest BCUT2D eigenvalue weighted by Gasteiger charge is -2.48. The summed E-state index contributed by atoms with van der Waals surface area (Å²) in [5, 5.41) is 123. The van der Waals surface area contributed by atoms with Crippen LogP contribution in [0.1, 0.15) is 13.3 Å². The fourth-order valence-corrected chi connectivity index (χ4v) is 5.05. The van der Waals surface area contributed by atoms with Gasteiger partial charge in [-0.3, -0.25) is 4.79 Å². The van der Waals surface area contributed by atoms with Crippen LogP contribution in [0, 0.1) is 0 Å². The summed E-state index contributed by atoms with van der Waals surface area (Å²) in [5.74, 6) is -5.42. The first-order valence-electron chi connectivity index (χ1n) is 13.2. The van der Waals surface area contributed by atoms with Gasteiger partial charge in [0, 0.05) is 13.3 Å². The first-order chi connectivity index (χ1) is 20.1. The molecule has 3 aliphatic heterocycles. The summed E-state index contributed by atoms with van der Waals surface area (Å²) in [7, 11) is 0. The van der Waals surface area contributed by atoms with Crippen molar-refractivity contribution in [1.29, 1.82) is 0 Å². The quantitative estimate of drug-likeness (QED) is 0.100. The topological polar surface area (TPSA) is 335 Å². The average Bonchev–Trinajstić information content (AvgIpc) is 2.96. The zero-order valence-corrected chi connectivity index (χ0v) is 22.7. The Kier molecular flexibility index (Phi) is 12.1. The second-order valence-electron chi connectivity index (χ2n) is 10.5. The molecular weight excluding hydrogens is 594 g/mol.